The van der Waals surface area contributed by atoms with Crippen LogP contribution in [0.1, 0.15) is 31.2 Å². The predicted octanol–water partition coefficient (Wildman–Crippen LogP) is 6.55. The van der Waals surface area contributed by atoms with Gasteiger partial charge in [-0.05, 0) is 91.7 Å². The lowest BCUT2D eigenvalue weighted by Gasteiger charge is -2.24. The molecule has 3 heterocycles. The van der Waals surface area contributed by atoms with Gasteiger partial charge in [0.2, 0.25) is 0 Å². The number of rotatable bonds is 8. The van der Waals surface area contributed by atoms with Gasteiger partial charge in [0.15, 0.2) is 0 Å². The smallest absolute Gasteiger partial charge is 0.137 e. The molecule has 0 bridgehead atoms. The molecular formula is C32H32FN3O3. The second-order valence-electron chi connectivity index (χ2n) is 10.2. The quantitative estimate of drug-likeness (QED) is 0.283. The van der Waals surface area contributed by atoms with Gasteiger partial charge in [-0.1, -0.05) is 6.07 Å². The molecule has 6 rings (SSSR count). The number of aromatic amines is 1. The Balaban J connectivity index is 1.23. The van der Waals surface area contributed by atoms with Crippen LogP contribution in [0.2, 0.25) is 0 Å². The molecule has 2 saturated heterocycles. The number of nitrogens with zero attached hydrogens (tertiary/aromatic N) is 2. The summed E-state index contributed by atoms with van der Waals surface area (Å²) in [4.78, 5) is 5.86. The molecule has 2 fully saturated rings. The van der Waals surface area contributed by atoms with Crippen molar-refractivity contribution in [2.75, 3.05) is 39.5 Å². The van der Waals surface area contributed by atoms with E-state index in [-0.39, 0.29) is 11.9 Å². The number of ether oxygens (including phenoxy) is 3. The van der Waals surface area contributed by atoms with E-state index in [0.29, 0.717) is 42.3 Å². The Labute approximate surface area is 227 Å². The Morgan fingerprint density at radius 1 is 0.974 bits per heavy atom. The maximum atomic E-state index is 15.2. The maximum Gasteiger partial charge on any atom is 0.137 e. The van der Waals surface area contributed by atoms with Crippen LogP contribution in [-0.4, -0.2) is 55.4 Å². The van der Waals surface area contributed by atoms with E-state index >= 15 is 4.39 Å². The molecule has 0 saturated carbocycles. The summed E-state index contributed by atoms with van der Waals surface area (Å²) in [7, 11) is 0. The van der Waals surface area contributed by atoms with E-state index < -0.39 is 0 Å². The lowest BCUT2D eigenvalue weighted by Crippen LogP contribution is -2.26. The Morgan fingerprint density at radius 2 is 1.74 bits per heavy atom. The number of H-pyrrole nitrogens is 1. The first-order valence-electron chi connectivity index (χ1n) is 13.7. The van der Waals surface area contributed by atoms with Crippen LogP contribution < -0.4 is 9.47 Å². The SMILES string of the molecule is N#Cc1cc(-c2c(F)ccc3[nH]c(-c4ccc(OCCN5CCCC5)cc4)cc23)ccc1OC1CCOCC1. The Kier molecular flexibility index (Phi) is 7.49. The molecule has 2 aliphatic heterocycles. The highest BCUT2D eigenvalue weighted by atomic mass is 19.1. The largest absolute Gasteiger partial charge is 0.492 e. The van der Waals surface area contributed by atoms with Gasteiger partial charge >= 0.3 is 0 Å². The molecule has 200 valence electrons. The number of halogens is 1. The third-order valence-electron chi connectivity index (χ3n) is 7.64. The molecule has 0 atom stereocenters. The highest BCUT2D eigenvalue weighted by Gasteiger charge is 2.19. The number of hydrogen-bond donors (Lipinski definition) is 1. The number of fused-ring (bicyclic) bond motifs is 1. The summed E-state index contributed by atoms with van der Waals surface area (Å²) in [6.07, 6.45) is 4.16. The second-order valence-corrected chi connectivity index (χ2v) is 10.2. The molecule has 0 unspecified atom stereocenters. The molecule has 1 N–H and O–H groups in total. The highest BCUT2D eigenvalue weighted by molar-refractivity contribution is 5.98. The van der Waals surface area contributed by atoms with Crippen molar-refractivity contribution >= 4 is 10.9 Å². The normalized spacial score (nSPS) is 16.4. The minimum atomic E-state index is -0.336. The van der Waals surface area contributed by atoms with E-state index in [1.54, 1.807) is 18.2 Å². The third-order valence-corrected chi connectivity index (χ3v) is 7.64. The fourth-order valence-electron chi connectivity index (χ4n) is 5.50. The zero-order valence-corrected chi connectivity index (χ0v) is 21.9. The van der Waals surface area contributed by atoms with E-state index in [1.165, 1.54) is 18.9 Å². The third kappa shape index (κ3) is 5.63. The highest BCUT2D eigenvalue weighted by Crippen LogP contribution is 2.37. The minimum Gasteiger partial charge on any atom is -0.492 e. The van der Waals surface area contributed by atoms with Crippen LogP contribution >= 0.6 is 0 Å². The van der Waals surface area contributed by atoms with Crippen LogP contribution in [0.15, 0.2) is 60.7 Å². The van der Waals surface area contributed by atoms with Gasteiger partial charge in [0, 0.05) is 41.5 Å². The fourth-order valence-corrected chi connectivity index (χ4v) is 5.50. The molecule has 3 aromatic carbocycles. The predicted molar refractivity (Wildman–Crippen MR) is 149 cm³/mol. The first-order chi connectivity index (χ1) is 19.2. The van der Waals surface area contributed by atoms with Crippen LogP contribution in [0.4, 0.5) is 4.39 Å². The monoisotopic (exact) mass is 525 g/mol. The van der Waals surface area contributed by atoms with E-state index in [2.05, 4.69) is 16.0 Å². The number of nitrogens with one attached hydrogen (secondary N) is 1. The zero-order valence-electron chi connectivity index (χ0n) is 21.9. The van der Waals surface area contributed by atoms with Crippen LogP contribution in [0.3, 0.4) is 0 Å². The first-order valence-corrected chi connectivity index (χ1v) is 13.7. The van der Waals surface area contributed by atoms with Crippen molar-refractivity contribution in [2.24, 2.45) is 0 Å². The summed E-state index contributed by atoms with van der Waals surface area (Å²) in [5.74, 6) is 1.03. The molecule has 4 aromatic rings. The molecule has 39 heavy (non-hydrogen) atoms. The van der Waals surface area contributed by atoms with Crippen molar-refractivity contribution < 1.29 is 18.6 Å². The number of nitriles is 1. The van der Waals surface area contributed by atoms with Crippen LogP contribution in [-0.2, 0) is 4.74 Å². The number of hydrogen-bond acceptors (Lipinski definition) is 5. The summed E-state index contributed by atoms with van der Waals surface area (Å²) in [6, 6.07) is 20.7. The zero-order chi connectivity index (χ0) is 26.6. The topological polar surface area (TPSA) is 70.5 Å². The second kappa shape index (κ2) is 11.5. The van der Waals surface area contributed by atoms with Crippen LogP contribution in [0.5, 0.6) is 11.5 Å². The van der Waals surface area contributed by atoms with E-state index in [1.807, 2.05) is 36.4 Å². The van der Waals surface area contributed by atoms with Gasteiger partial charge in [0.1, 0.15) is 36.1 Å². The van der Waals surface area contributed by atoms with Gasteiger partial charge in [-0.2, -0.15) is 5.26 Å². The number of likely N-dealkylation sites (tertiary alicyclic amines) is 1. The van der Waals surface area contributed by atoms with Crippen molar-refractivity contribution in [1.29, 1.82) is 5.26 Å². The van der Waals surface area contributed by atoms with Crippen molar-refractivity contribution in [3.8, 4) is 40.0 Å². The summed E-state index contributed by atoms with van der Waals surface area (Å²) >= 11 is 0. The van der Waals surface area contributed by atoms with Gasteiger partial charge in [0.25, 0.3) is 0 Å². The van der Waals surface area contributed by atoms with Gasteiger partial charge in [-0.3, -0.25) is 4.90 Å². The van der Waals surface area contributed by atoms with Crippen molar-refractivity contribution in [1.82, 2.24) is 9.88 Å². The lowest BCUT2D eigenvalue weighted by atomic mass is 9.98. The van der Waals surface area contributed by atoms with Gasteiger partial charge in [-0.25, -0.2) is 4.39 Å². The van der Waals surface area contributed by atoms with Crippen molar-refractivity contribution in [3.05, 3.63) is 72.0 Å². The average Bonchev–Trinajstić information content (AvgIpc) is 3.65. The van der Waals surface area contributed by atoms with Crippen molar-refractivity contribution in [3.63, 3.8) is 0 Å². The standard InChI is InChI=1S/C32H32FN3O3/c33-28-8-9-29-27(32(28)23-5-10-31(24(19-23)21-34)39-26-11-16-37-17-12-26)20-30(35-29)22-3-6-25(7-4-22)38-18-15-36-13-1-2-14-36/h3-10,19-20,26,35H,1-2,11-18H2. The van der Waals surface area contributed by atoms with Gasteiger partial charge in [-0.15, -0.1) is 0 Å². The summed E-state index contributed by atoms with van der Waals surface area (Å²) in [6.45, 7) is 5.27. The van der Waals surface area contributed by atoms with E-state index in [0.717, 1.165) is 60.4 Å². The molecule has 0 amide bonds. The molecule has 7 heteroatoms. The molecule has 0 spiro atoms. The molecular weight excluding hydrogens is 493 g/mol. The Bertz CT molecular complexity index is 1480. The minimum absolute atomic E-state index is 0.0194. The van der Waals surface area contributed by atoms with Gasteiger partial charge in [0.05, 0.1) is 18.8 Å². The Hall–Kier alpha value is -3.86. The summed E-state index contributed by atoms with van der Waals surface area (Å²) in [5.41, 5.74) is 4.20. The average molecular weight is 526 g/mol. The maximum absolute atomic E-state index is 15.2. The number of aromatic nitrogens is 1. The lowest BCUT2D eigenvalue weighted by molar-refractivity contribution is 0.0254. The Morgan fingerprint density at radius 3 is 2.51 bits per heavy atom. The molecule has 0 aliphatic carbocycles. The van der Waals surface area contributed by atoms with Gasteiger partial charge < -0.3 is 19.2 Å². The fraction of sp³-hybridized carbons (Fsp3) is 0.344. The van der Waals surface area contributed by atoms with E-state index in [9.17, 15) is 5.26 Å². The first kappa shape index (κ1) is 25.4. The van der Waals surface area contributed by atoms with Crippen molar-refractivity contribution in [2.45, 2.75) is 31.8 Å². The molecule has 1 aromatic heterocycles. The molecule has 6 nitrogen and oxygen atoms in total. The molecule has 2 aliphatic rings. The van der Waals surface area contributed by atoms with Crippen LogP contribution in [0, 0.1) is 17.1 Å². The van der Waals surface area contributed by atoms with Crippen LogP contribution in [0.25, 0.3) is 33.3 Å². The number of benzene rings is 3. The summed E-state index contributed by atoms with van der Waals surface area (Å²) < 4.78 is 32.7. The molecule has 0 radical (unpaired) electrons. The summed E-state index contributed by atoms with van der Waals surface area (Å²) in [5, 5.41) is 10.6. The van der Waals surface area contributed by atoms with E-state index in [4.69, 9.17) is 14.2 Å².